The van der Waals surface area contributed by atoms with Crippen LogP contribution in [0.1, 0.15) is 59.3 Å². The van der Waals surface area contributed by atoms with E-state index in [0.717, 1.165) is 42.5 Å². The predicted molar refractivity (Wildman–Crippen MR) is 125 cm³/mol. The molecule has 2 N–H and O–H groups in total. The van der Waals surface area contributed by atoms with Crippen LogP contribution in [0.25, 0.3) is 11.3 Å². The fourth-order valence-electron chi connectivity index (χ4n) is 5.40. The van der Waals surface area contributed by atoms with Crippen LogP contribution in [0.15, 0.2) is 36.7 Å². The number of benzene rings is 1. The maximum Gasteiger partial charge on any atom is 0.185 e. The molecule has 3 aromatic rings. The molecule has 2 aromatic heterocycles. The van der Waals surface area contributed by atoms with Gasteiger partial charge in [0.25, 0.3) is 0 Å². The van der Waals surface area contributed by atoms with Gasteiger partial charge in [-0.1, -0.05) is 6.92 Å². The van der Waals surface area contributed by atoms with Crippen LogP contribution in [0.5, 0.6) is 5.75 Å². The first-order valence-electron chi connectivity index (χ1n) is 11.8. The second kappa shape index (κ2) is 9.41. The SMILES string of the molecule is C[C@@H]1C[C@H](N)C[C@H](c2ccncc2CC(=O)c2ccc(F)c(-c3c(F)cc4c(c3F)OCC4)n2)C1. The van der Waals surface area contributed by atoms with Crippen LogP contribution in [0, 0.1) is 23.4 Å². The molecule has 1 aliphatic carbocycles. The smallest absolute Gasteiger partial charge is 0.185 e. The molecule has 182 valence electrons. The van der Waals surface area contributed by atoms with Crippen LogP contribution >= 0.6 is 0 Å². The molecule has 0 bridgehead atoms. The zero-order chi connectivity index (χ0) is 24.7. The monoisotopic (exact) mass is 481 g/mol. The number of nitrogens with zero attached hydrogens (tertiary/aromatic N) is 2. The second-order valence-corrected chi connectivity index (χ2v) is 9.60. The lowest BCUT2D eigenvalue weighted by Crippen LogP contribution is -2.31. The lowest BCUT2D eigenvalue weighted by atomic mass is 9.75. The normalized spacial score (nSPS) is 21.5. The molecular weight excluding hydrogens is 455 g/mol. The fraction of sp³-hybridized carbons (Fsp3) is 0.370. The van der Waals surface area contributed by atoms with E-state index in [4.69, 9.17) is 10.5 Å². The first-order valence-corrected chi connectivity index (χ1v) is 11.8. The zero-order valence-electron chi connectivity index (χ0n) is 19.4. The number of ether oxygens (including phenoxy) is 1. The van der Waals surface area contributed by atoms with Crippen molar-refractivity contribution in [1.29, 1.82) is 0 Å². The number of rotatable bonds is 5. The van der Waals surface area contributed by atoms with Crippen molar-refractivity contribution in [3.63, 3.8) is 0 Å². The molecule has 5 rings (SSSR count). The number of carbonyl (C=O) groups excluding carboxylic acids is 1. The van der Waals surface area contributed by atoms with Gasteiger partial charge in [0, 0.05) is 36.8 Å². The van der Waals surface area contributed by atoms with Crippen molar-refractivity contribution in [2.24, 2.45) is 11.7 Å². The van der Waals surface area contributed by atoms with Crippen molar-refractivity contribution in [1.82, 2.24) is 9.97 Å². The maximum atomic E-state index is 15.0. The molecule has 0 amide bonds. The highest BCUT2D eigenvalue weighted by Gasteiger charge is 2.29. The van der Waals surface area contributed by atoms with Gasteiger partial charge in [-0.2, -0.15) is 0 Å². The molecule has 1 aliphatic heterocycles. The molecule has 5 nitrogen and oxygen atoms in total. The van der Waals surface area contributed by atoms with Gasteiger partial charge in [0.2, 0.25) is 0 Å². The number of ketones is 1. The molecule has 1 fully saturated rings. The molecule has 1 aromatic carbocycles. The van der Waals surface area contributed by atoms with Gasteiger partial charge in [0.1, 0.15) is 23.0 Å². The Labute approximate surface area is 201 Å². The van der Waals surface area contributed by atoms with Gasteiger partial charge in [-0.05, 0) is 66.5 Å². The summed E-state index contributed by atoms with van der Waals surface area (Å²) < 4.78 is 49.7. The van der Waals surface area contributed by atoms with Crippen molar-refractivity contribution in [3.05, 3.63) is 76.5 Å². The van der Waals surface area contributed by atoms with Crippen LogP contribution in [-0.4, -0.2) is 28.4 Å². The highest BCUT2D eigenvalue weighted by molar-refractivity contribution is 5.96. The van der Waals surface area contributed by atoms with E-state index in [-0.39, 0.29) is 36.4 Å². The number of fused-ring (bicyclic) bond motifs is 1. The number of hydrogen-bond acceptors (Lipinski definition) is 5. The standard InChI is InChI=1S/C27H26F3N3O2/c1-14-8-16(10-18(31)9-14)19-4-6-32-13-17(19)12-23(34)22-3-2-20(28)26(33-22)24-21(29)11-15-5-7-35-27(15)25(24)30/h2-4,6,11,13-14,16,18H,5,7-10,12,31H2,1H3/t14-,16+,18-/m0/s1. The van der Waals surface area contributed by atoms with Crippen LogP contribution in [0.3, 0.4) is 0 Å². The number of pyridine rings is 2. The number of nitrogens with two attached hydrogens (primary N) is 1. The molecule has 1 saturated carbocycles. The summed E-state index contributed by atoms with van der Waals surface area (Å²) in [6.07, 6.45) is 6.47. The molecule has 0 saturated heterocycles. The minimum atomic E-state index is -1.01. The van der Waals surface area contributed by atoms with E-state index in [1.54, 1.807) is 12.4 Å². The third-order valence-electron chi connectivity index (χ3n) is 6.95. The lowest BCUT2D eigenvalue weighted by Gasteiger charge is -2.32. The summed E-state index contributed by atoms with van der Waals surface area (Å²) in [6.45, 7) is 2.39. The van der Waals surface area contributed by atoms with E-state index in [1.165, 1.54) is 6.07 Å². The Balaban J connectivity index is 1.46. The Hall–Kier alpha value is -3.26. The Morgan fingerprint density at radius 1 is 1.14 bits per heavy atom. The van der Waals surface area contributed by atoms with E-state index >= 15 is 4.39 Å². The minimum absolute atomic E-state index is 0.0143. The average Bonchev–Trinajstić information content (AvgIpc) is 3.28. The topological polar surface area (TPSA) is 78.1 Å². The molecule has 0 unspecified atom stereocenters. The number of Topliss-reactive ketones (excluding diaryl/α,β-unsaturated/α-hetero) is 1. The summed E-state index contributed by atoms with van der Waals surface area (Å²) in [7, 11) is 0. The van der Waals surface area contributed by atoms with E-state index in [1.807, 2.05) is 6.07 Å². The van der Waals surface area contributed by atoms with Crippen LogP contribution in [0.4, 0.5) is 13.2 Å². The molecule has 2 aliphatic rings. The highest BCUT2D eigenvalue weighted by Crippen LogP contribution is 2.39. The Morgan fingerprint density at radius 2 is 1.97 bits per heavy atom. The highest BCUT2D eigenvalue weighted by atomic mass is 19.1. The first kappa shape index (κ1) is 23.5. The summed E-state index contributed by atoms with van der Waals surface area (Å²) in [4.78, 5) is 21.4. The van der Waals surface area contributed by atoms with Crippen molar-refractivity contribution < 1.29 is 22.7 Å². The largest absolute Gasteiger partial charge is 0.490 e. The third-order valence-corrected chi connectivity index (χ3v) is 6.95. The summed E-state index contributed by atoms with van der Waals surface area (Å²) >= 11 is 0. The van der Waals surface area contributed by atoms with Crippen molar-refractivity contribution >= 4 is 5.78 Å². The fourth-order valence-corrected chi connectivity index (χ4v) is 5.40. The Bertz CT molecular complexity index is 1290. The number of halogens is 3. The predicted octanol–water partition coefficient (Wildman–Crippen LogP) is 5.15. The van der Waals surface area contributed by atoms with Gasteiger partial charge in [-0.15, -0.1) is 0 Å². The Kier molecular flexibility index (Phi) is 6.32. The summed E-state index contributed by atoms with van der Waals surface area (Å²) in [5, 5.41) is 0. The van der Waals surface area contributed by atoms with Gasteiger partial charge in [0.15, 0.2) is 17.3 Å². The van der Waals surface area contributed by atoms with Crippen LogP contribution < -0.4 is 10.5 Å². The zero-order valence-corrected chi connectivity index (χ0v) is 19.4. The molecule has 3 heterocycles. The van der Waals surface area contributed by atoms with Gasteiger partial charge in [-0.25, -0.2) is 18.2 Å². The second-order valence-electron chi connectivity index (χ2n) is 9.60. The van der Waals surface area contributed by atoms with Crippen LogP contribution in [-0.2, 0) is 12.8 Å². The van der Waals surface area contributed by atoms with E-state index in [9.17, 15) is 13.6 Å². The quantitative estimate of drug-likeness (QED) is 0.510. The van der Waals surface area contributed by atoms with E-state index < -0.39 is 34.5 Å². The van der Waals surface area contributed by atoms with Gasteiger partial charge in [-0.3, -0.25) is 9.78 Å². The summed E-state index contributed by atoms with van der Waals surface area (Å²) in [6, 6.07) is 5.39. The molecule has 35 heavy (non-hydrogen) atoms. The van der Waals surface area contributed by atoms with Gasteiger partial charge < -0.3 is 10.5 Å². The average molecular weight is 482 g/mol. The maximum absolute atomic E-state index is 15.0. The lowest BCUT2D eigenvalue weighted by molar-refractivity contribution is 0.0987. The first-order chi connectivity index (χ1) is 16.8. The molecule has 8 heteroatoms. The molecule has 0 radical (unpaired) electrons. The Morgan fingerprint density at radius 3 is 2.77 bits per heavy atom. The number of aromatic nitrogens is 2. The van der Waals surface area contributed by atoms with Crippen LogP contribution in [0.2, 0.25) is 0 Å². The number of carbonyl (C=O) groups is 1. The summed E-state index contributed by atoms with van der Waals surface area (Å²) in [5.74, 6) is -2.68. The van der Waals surface area contributed by atoms with Crippen molar-refractivity contribution in [3.8, 4) is 17.0 Å². The van der Waals surface area contributed by atoms with E-state index in [2.05, 4.69) is 16.9 Å². The molecule has 0 spiro atoms. The number of hydrogen-bond donors (Lipinski definition) is 1. The van der Waals surface area contributed by atoms with Crippen molar-refractivity contribution in [2.45, 2.75) is 51.0 Å². The third kappa shape index (κ3) is 4.55. The van der Waals surface area contributed by atoms with E-state index in [0.29, 0.717) is 17.9 Å². The molecular formula is C27H26F3N3O2. The molecule has 3 atom stereocenters. The van der Waals surface area contributed by atoms with Gasteiger partial charge >= 0.3 is 0 Å². The van der Waals surface area contributed by atoms with Crippen molar-refractivity contribution in [2.75, 3.05) is 6.61 Å². The summed E-state index contributed by atoms with van der Waals surface area (Å²) in [5.41, 5.74) is 7.13. The minimum Gasteiger partial charge on any atom is -0.490 e. The van der Waals surface area contributed by atoms with Gasteiger partial charge in [0.05, 0.1) is 12.2 Å².